The molecule has 0 radical (unpaired) electrons. The van der Waals surface area contributed by atoms with E-state index in [1.54, 1.807) is 23.0 Å². The topological polar surface area (TPSA) is 93.0 Å². The second kappa shape index (κ2) is 7.81. The molecule has 5 heterocycles. The monoisotopic (exact) mass is 423 g/mol. The number of fused-ring (bicyclic) bond motifs is 1. The van der Waals surface area contributed by atoms with E-state index in [0.717, 1.165) is 40.6 Å². The van der Waals surface area contributed by atoms with E-state index < -0.39 is 0 Å². The van der Waals surface area contributed by atoms with E-state index in [9.17, 15) is 0 Å². The number of pyridine rings is 1. The molecule has 1 fully saturated rings. The van der Waals surface area contributed by atoms with Gasteiger partial charge in [-0.15, -0.1) is 11.3 Å². The van der Waals surface area contributed by atoms with Gasteiger partial charge in [-0.3, -0.25) is 5.10 Å². The Morgan fingerprint density at radius 1 is 1.23 bits per heavy atom. The van der Waals surface area contributed by atoms with E-state index >= 15 is 0 Å². The van der Waals surface area contributed by atoms with Crippen molar-refractivity contribution in [2.45, 2.75) is 38.5 Å². The molecule has 1 aliphatic rings. The molecule has 0 atom stereocenters. The summed E-state index contributed by atoms with van der Waals surface area (Å²) in [5.74, 6) is 1.55. The highest BCUT2D eigenvalue weighted by Crippen LogP contribution is 2.40. The summed E-state index contributed by atoms with van der Waals surface area (Å²) in [5, 5.41) is 16.7. The average molecular weight is 424 g/mol. The number of rotatable bonds is 5. The standard InChI is InChI=1S/C21H25N7OS/c1-12(2)17-18(14-8-15(29-3)20-24-11-25-28(20)10-14)26-27-19(17)21-23-9-16(30-21)13-4-6-22-7-5-13/h8-13,22H,4-7H2,1-3H3,(H,26,27). The Balaban J connectivity index is 1.57. The predicted octanol–water partition coefficient (Wildman–Crippen LogP) is 3.84. The van der Waals surface area contributed by atoms with Crippen LogP contribution in [-0.2, 0) is 0 Å². The lowest BCUT2D eigenvalue weighted by Crippen LogP contribution is -2.26. The van der Waals surface area contributed by atoms with E-state index in [-0.39, 0.29) is 5.92 Å². The quantitative estimate of drug-likeness (QED) is 0.507. The van der Waals surface area contributed by atoms with Crippen molar-refractivity contribution in [2.24, 2.45) is 0 Å². The first kappa shape index (κ1) is 19.2. The summed E-state index contributed by atoms with van der Waals surface area (Å²) in [5.41, 5.74) is 4.68. The van der Waals surface area contributed by atoms with Crippen LogP contribution in [0.4, 0.5) is 0 Å². The lowest BCUT2D eigenvalue weighted by Gasteiger charge is -2.20. The molecule has 8 nitrogen and oxygen atoms in total. The molecule has 4 aromatic rings. The van der Waals surface area contributed by atoms with Crippen LogP contribution < -0.4 is 10.1 Å². The van der Waals surface area contributed by atoms with Gasteiger partial charge in [-0.05, 0) is 43.8 Å². The molecule has 1 aliphatic heterocycles. The number of nitrogens with zero attached hydrogens (tertiary/aromatic N) is 5. The van der Waals surface area contributed by atoms with Crippen LogP contribution in [0.5, 0.6) is 5.75 Å². The number of aromatic nitrogens is 6. The van der Waals surface area contributed by atoms with Crippen LogP contribution in [0.25, 0.3) is 27.6 Å². The van der Waals surface area contributed by atoms with Gasteiger partial charge < -0.3 is 10.1 Å². The minimum Gasteiger partial charge on any atom is -0.493 e. The van der Waals surface area contributed by atoms with Gasteiger partial charge in [0.1, 0.15) is 11.3 Å². The van der Waals surface area contributed by atoms with E-state index in [1.807, 2.05) is 18.5 Å². The number of thiazole rings is 1. The van der Waals surface area contributed by atoms with Crippen molar-refractivity contribution in [3.63, 3.8) is 0 Å². The van der Waals surface area contributed by atoms with Crippen molar-refractivity contribution < 1.29 is 4.74 Å². The molecule has 0 bridgehead atoms. The first-order valence-corrected chi connectivity index (χ1v) is 11.1. The maximum absolute atomic E-state index is 5.53. The smallest absolute Gasteiger partial charge is 0.197 e. The largest absolute Gasteiger partial charge is 0.493 e. The van der Waals surface area contributed by atoms with Crippen molar-refractivity contribution in [1.29, 1.82) is 0 Å². The Morgan fingerprint density at radius 2 is 2.07 bits per heavy atom. The molecule has 0 spiro atoms. The third-order valence-electron chi connectivity index (χ3n) is 5.70. The minimum atomic E-state index is 0.275. The molecule has 0 unspecified atom stereocenters. The number of ether oxygens (including phenoxy) is 1. The van der Waals surface area contributed by atoms with Crippen LogP contribution in [0.2, 0.25) is 0 Å². The zero-order chi connectivity index (χ0) is 20.7. The van der Waals surface area contributed by atoms with Crippen molar-refractivity contribution in [2.75, 3.05) is 20.2 Å². The second-order valence-corrected chi connectivity index (χ2v) is 9.00. The molecule has 0 aliphatic carbocycles. The van der Waals surface area contributed by atoms with Crippen LogP contribution in [0.3, 0.4) is 0 Å². The van der Waals surface area contributed by atoms with Gasteiger partial charge in [0.15, 0.2) is 11.4 Å². The fraction of sp³-hybridized carbons (Fsp3) is 0.429. The molecule has 30 heavy (non-hydrogen) atoms. The third-order valence-corrected chi connectivity index (χ3v) is 6.87. The molecule has 4 aromatic heterocycles. The van der Waals surface area contributed by atoms with Gasteiger partial charge in [0.25, 0.3) is 0 Å². The highest BCUT2D eigenvalue weighted by atomic mass is 32.1. The van der Waals surface area contributed by atoms with Crippen LogP contribution in [-0.4, -0.2) is 50.0 Å². The van der Waals surface area contributed by atoms with Gasteiger partial charge >= 0.3 is 0 Å². The molecule has 1 saturated heterocycles. The first-order chi connectivity index (χ1) is 14.7. The first-order valence-electron chi connectivity index (χ1n) is 10.3. The lowest BCUT2D eigenvalue weighted by molar-refractivity contribution is 0.416. The molecule has 5 rings (SSSR count). The fourth-order valence-electron chi connectivity index (χ4n) is 4.17. The molecule has 9 heteroatoms. The summed E-state index contributed by atoms with van der Waals surface area (Å²) in [6, 6.07) is 1.97. The van der Waals surface area contributed by atoms with Crippen molar-refractivity contribution in [3.05, 3.63) is 35.2 Å². The highest BCUT2D eigenvalue weighted by molar-refractivity contribution is 7.15. The van der Waals surface area contributed by atoms with Crippen molar-refractivity contribution in [1.82, 2.24) is 35.1 Å². The van der Waals surface area contributed by atoms with Gasteiger partial charge in [-0.1, -0.05) is 13.8 Å². The zero-order valence-electron chi connectivity index (χ0n) is 17.3. The van der Waals surface area contributed by atoms with Crippen LogP contribution in [0.1, 0.15) is 49.0 Å². The molecule has 156 valence electrons. The Labute approximate surface area is 178 Å². The van der Waals surface area contributed by atoms with Gasteiger partial charge in [-0.2, -0.15) is 10.2 Å². The normalized spacial score (nSPS) is 15.3. The molecule has 0 saturated carbocycles. The summed E-state index contributed by atoms with van der Waals surface area (Å²) in [7, 11) is 1.64. The SMILES string of the molecule is COc1cc(-c2n[nH]c(-c3ncc(C4CCNCC4)s3)c2C(C)C)cn2ncnc12. The summed E-state index contributed by atoms with van der Waals surface area (Å²) in [6.45, 7) is 6.53. The maximum atomic E-state index is 5.53. The Bertz CT molecular complexity index is 1170. The van der Waals surface area contributed by atoms with E-state index in [2.05, 4.69) is 39.4 Å². The number of piperidine rings is 1. The number of hydrogen-bond acceptors (Lipinski definition) is 7. The number of H-pyrrole nitrogens is 1. The predicted molar refractivity (Wildman–Crippen MR) is 117 cm³/mol. The van der Waals surface area contributed by atoms with Crippen molar-refractivity contribution >= 4 is 17.0 Å². The molecule has 2 N–H and O–H groups in total. The molecular weight excluding hydrogens is 398 g/mol. The summed E-state index contributed by atoms with van der Waals surface area (Å²) < 4.78 is 7.26. The maximum Gasteiger partial charge on any atom is 0.197 e. The van der Waals surface area contributed by atoms with Crippen LogP contribution in [0, 0.1) is 0 Å². The van der Waals surface area contributed by atoms with E-state index in [4.69, 9.17) is 9.72 Å². The molecule has 0 aromatic carbocycles. The van der Waals surface area contributed by atoms with Gasteiger partial charge in [0.05, 0.1) is 18.5 Å². The minimum absolute atomic E-state index is 0.275. The van der Waals surface area contributed by atoms with Gasteiger partial charge in [0.2, 0.25) is 0 Å². The van der Waals surface area contributed by atoms with E-state index in [0.29, 0.717) is 17.3 Å². The van der Waals surface area contributed by atoms with Crippen molar-refractivity contribution in [3.8, 4) is 27.7 Å². The summed E-state index contributed by atoms with van der Waals surface area (Å²) in [4.78, 5) is 10.4. The Morgan fingerprint density at radius 3 is 2.83 bits per heavy atom. The van der Waals surface area contributed by atoms with Gasteiger partial charge in [0, 0.05) is 28.4 Å². The third kappa shape index (κ3) is 3.27. The highest BCUT2D eigenvalue weighted by Gasteiger charge is 2.24. The molecular formula is C21H25N7OS. The van der Waals surface area contributed by atoms with Gasteiger partial charge in [-0.25, -0.2) is 14.5 Å². The van der Waals surface area contributed by atoms with Crippen LogP contribution in [0.15, 0.2) is 24.8 Å². The summed E-state index contributed by atoms with van der Waals surface area (Å²) in [6.07, 6.45) is 7.86. The summed E-state index contributed by atoms with van der Waals surface area (Å²) >= 11 is 1.78. The number of hydrogen-bond donors (Lipinski definition) is 2. The molecule has 0 amide bonds. The number of nitrogens with one attached hydrogen (secondary N) is 2. The number of methoxy groups -OCH3 is 1. The Kier molecular flexibility index (Phi) is 5.00. The average Bonchev–Trinajstić information content (AvgIpc) is 3.51. The van der Waals surface area contributed by atoms with E-state index in [1.165, 1.54) is 24.0 Å². The zero-order valence-corrected chi connectivity index (χ0v) is 18.2. The Hall–Kier alpha value is -2.78. The lowest BCUT2D eigenvalue weighted by atomic mass is 9.97. The second-order valence-electron chi connectivity index (χ2n) is 7.93. The fourth-order valence-corrected chi connectivity index (χ4v) is 5.26. The number of aromatic amines is 1. The van der Waals surface area contributed by atoms with Crippen LogP contribution >= 0.6 is 11.3 Å².